The maximum absolute atomic E-state index is 4.47. The Hall–Kier alpha value is -0.460. The summed E-state index contributed by atoms with van der Waals surface area (Å²) in [4.78, 5) is 12.0. The van der Waals surface area contributed by atoms with Gasteiger partial charge in [-0.05, 0) is 59.9 Å². The van der Waals surface area contributed by atoms with Crippen LogP contribution in [0.2, 0.25) is 0 Å². The summed E-state index contributed by atoms with van der Waals surface area (Å²) in [6.07, 6.45) is 1.79. The summed E-state index contributed by atoms with van der Waals surface area (Å²) in [5, 5.41) is 1.07. The number of benzene rings is 1. The fourth-order valence-corrected chi connectivity index (χ4v) is 2.72. The van der Waals surface area contributed by atoms with E-state index in [0.717, 1.165) is 35.6 Å². The number of fused-ring (bicyclic) bond motifs is 3. The second-order valence-corrected chi connectivity index (χ2v) is 5.70. The number of aromatic amines is 1. The molecule has 3 aromatic rings. The highest BCUT2D eigenvalue weighted by molar-refractivity contribution is 9.13. The lowest BCUT2D eigenvalue weighted by molar-refractivity contribution is 1.21. The Morgan fingerprint density at radius 2 is 2.00 bits per heavy atom. The van der Waals surface area contributed by atoms with Crippen molar-refractivity contribution in [1.82, 2.24) is 15.0 Å². The Morgan fingerprint density at radius 3 is 2.81 bits per heavy atom. The van der Waals surface area contributed by atoms with E-state index in [9.17, 15) is 0 Å². The van der Waals surface area contributed by atoms with Crippen molar-refractivity contribution in [3.05, 3.63) is 32.0 Å². The van der Waals surface area contributed by atoms with Gasteiger partial charge in [0.15, 0.2) is 0 Å². The van der Waals surface area contributed by atoms with E-state index in [4.69, 9.17) is 0 Å². The molecule has 0 bridgehead atoms. The van der Waals surface area contributed by atoms with Crippen LogP contribution in [0, 0.1) is 0 Å². The van der Waals surface area contributed by atoms with Crippen LogP contribution in [0.5, 0.6) is 0 Å². The minimum atomic E-state index is 0.750. The molecule has 0 aliphatic rings. The van der Waals surface area contributed by atoms with Crippen LogP contribution in [0.1, 0.15) is 0 Å². The largest absolute Gasteiger partial charge is 0.345 e. The predicted molar refractivity (Wildman–Crippen MR) is 74.5 cm³/mol. The zero-order chi connectivity index (χ0) is 11.3. The highest BCUT2D eigenvalue weighted by Gasteiger charge is 2.10. The van der Waals surface area contributed by atoms with Crippen LogP contribution in [0.3, 0.4) is 0 Å². The minimum Gasteiger partial charge on any atom is -0.345 e. The van der Waals surface area contributed by atoms with Gasteiger partial charge < -0.3 is 4.98 Å². The number of aromatic nitrogens is 3. The molecule has 80 valence electrons. The number of halogens is 3. The van der Waals surface area contributed by atoms with E-state index < -0.39 is 0 Å². The molecule has 0 unspecified atom stereocenters. The lowest BCUT2D eigenvalue weighted by Crippen LogP contribution is -1.89. The van der Waals surface area contributed by atoms with Gasteiger partial charge in [-0.25, -0.2) is 4.98 Å². The third kappa shape index (κ3) is 1.51. The molecule has 0 radical (unpaired) electrons. The van der Waals surface area contributed by atoms with Crippen LogP contribution < -0.4 is 0 Å². The Morgan fingerprint density at radius 1 is 1.19 bits per heavy atom. The normalized spacial score (nSPS) is 11.4. The molecule has 1 aromatic carbocycles. The van der Waals surface area contributed by atoms with Crippen LogP contribution in [-0.2, 0) is 0 Å². The van der Waals surface area contributed by atoms with Gasteiger partial charge in [0.25, 0.3) is 0 Å². The number of hydrogen-bond acceptors (Lipinski definition) is 2. The molecule has 0 spiro atoms. The number of nitrogens with zero attached hydrogens (tertiary/aromatic N) is 2. The first kappa shape index (κ1) is 10.7. The standard InChI is InChI=1S/C10H4Br3N3/c11-5-3-6-4(1-2-14-6)7-8(5)16-10(13)9(12)15-7/h1-3,15H. The molecule has 3 rings (SSSR count). The van der Waals surface area contributed by atoms with E-state index in [1.807, 2.05) is 12.1 Å². The van der Waals surface area contributed by atoms with E-state index in [1.165, 1.54) is 0 Å². The average Bonchev–Trinajstić information content (AvgIpc) is 2.69. The first-order valence-corrected chi connectivity index (χ1v) is 6.82. The molecule has 2 heterocycles. The zero-order valence-corrected chi connectivity index (χ0v) is 12.5. The van der Waals surface area contributed by atoms with Crippen molar-refractivity contribution in [2.24, 2.45) is 0 Å². The summed E-state index contributed by atoms with van der Waals surface area (Å²) >= 11 is 10.3. The molecule has 1 N–H and O–H groups in total. The third-order valence-corrected chi connectivity index (χ3v) is 4.64. The highest BCUT2D eigenvalue weighted by Crippen LogP contribution is 2.32. The van der Waals surface area contributed by atoms with Gasteiger partial charge in [-0.3, -0.25) is 4.98 Å². The van der Waals surface area contributed by atoms with Gasteiger partial charge in [-0.1, -0.05) is 0 Å². The zero-order valence-electron chi connectivity index (χ0n) is 7.76. The first-order chi connectivity index (χ1) is 7.66. The van der Waals surface area contributed by atoms with E-state index in [1.54, 1.807) is 6.20 Å². The molecule has 16 heavy (non-hydrogen) atoms. The predicted octanol–water partition coefficient (Wildman–Crippen LogP) is 4.40. The van der Waals surface area contributed by atoms with Crippen molar-refractivity contribution in [3.8, 4) is 0 Å². The molecule has 0 amide bonds. The minimum absolute atomic E-state index is 0.750. The fourth-order valence-electron chi connectivity index (χ4n) is 1.65. The molecule has 0 fully saturated rings. The van der Waals surface area contributed by atoms with Crippen molar-refractivity contribution in [2.45, 2.75) is 0 Å². The summed E-state index contributed by atoms with van der Waals surface area (Å²) in [6.45, 7) is 0. The number of H-pyrrole nitrogens is 1. The lowest BCUT2D eigenvalue weighted by atomic mass is 10.2. The molecule has 0 aliphatic carbocycles. The van der Waals surface area contributed by atoms with Crippen LogP contribution in [0.25, 0.3) is 21.9 Å². The molecule has 0 saturated heterocycles. The third-order valence-electron chi connectivity index (χ3n) is 2.35. The van der Waals surface area contributed by atoms with Gasteiger partial charge in [0.1, 0.15) is 14.7 Å². The Kier molecular flexibility index (Phi) is 2.53. The van der Waals surface area contributed by atoms with Crippen molar-refractivity contribution >= 4 is 69.7 Å². The fraction of sp³-hybridized carbons (Fsp3) is 0. The van der Waals surface area contributed by atoms with Crippen LogP contribution in [-0.4, -0.2) is 15.0 Å². The van der Waals surface area contributed by atoms with E-state index in [0.29, 0.717) is 0 Å². The maximum atomic E-state index is 4.47. The van der Waals surface area contributed by atoms with Gasteiger partial charge in [0.05, 0.1) is 11.0 Å². The second kappa shape index (κ2) is 3.78. The van der Waals surface area contributed by atoms with Crippen molar-refractivity contribution in [1.29, 1.82) is 0 Å². The number of rotatable bonds is 0. The van der Waals surface area contributed by atoms with E-state index in [-0.39, 0.29) is 0 Å². The molecular formula is C10H4Br3N3. The Labute approximate surface area is 116 Å². The molecule has 0 atom stereocenters. The monoisotopic (exact) mass is 403 g/mol. The summed E-state index contributed by atoms with van der Waals surface area (Å²) < 4.78 is 2.50. The van der Waals surface area contributed by atoms with Gasteiger partial charge in [-0.2, -0.15) is 0 Å². The molecular weight excluding hydrogens is 402 g/mol. The van der Waals surface area contributed by atoms with Crippen LogP contribution in [0.4, 0.5) is 0 Å². The van der Waals surface area contributed by atoms with Gasteiger partial charge in [0.2, 0.25) is 0 Å². The van der Waals surface area contributed by atoms with Crippen molar-refractivity contribution < 1.29 is 0 Å². The smallest absolute Gasteiger partial charge is 0.137 e. The average molecular weight is 406 g/mol. The Bertz CT molecular complexity index is 705. The summed E-state index contributed by atoms with van der Waals surface area (Å²) in [7, 11) is 0. The Balaban J connectivity index is 2.61. The molecule has 0 aliphatic heterocycles. The first-order valence-electron chi connectivity index (χ1n) is 4.45. The number of nitrogens with one attached hydrogen (secondary N) is 1. The molecule has 0 saturated carbocycles. The van der Waals surface area contributed by atoms with Crippen molar-refractivity contribution in [3.63, 3.8) is 0 Å². The second-order valence-electron chi connectivity index (χ2n) is 3.30. The van der Waals surface area contributed by atoms with E-state index in [2.05, 4.69) is 62.7 Å². The highest BCUT2D eigenvalue weighted by atomic mass is 79.9. The lowest BCUT2D eigenvalue weighted by Gasteiger charge is -2.05. The van der Waals surface area contributed by atoms with Crippen LogP contribution >= 0.6 is 47.8 Å². The summed E-state index contributed by atoms with van der Waals surface area (Å²) in [6, 6.07) is 3.95. The SMILES string of the molecule is Brc1nc2c(Br)cc3nccc3c2[nH]c1Br. The summed E-state index contributed by atoms with van der Waals surface area (Å²) in [5.74, 6) is 0. The van der Waals surface area contributed by atoms with Gasteiger partial charge in [0, 0.05) is 16.1 Å². The molecule has 3 nitrogen and oxygen atoms in total. The molecule has 2 aromatic heterocycles. The van der Waals surface area contributed by atoms with E-state index >= 15 is 0 Å². The topological polar surface area (TPSA) is 41.6 Å². The number of hydrogen-bond donors (Lipinski definition) is 1. The van der Waals surface area contributed by atoms with Crippen molar-refractivity contribution in [2.75, 3.05) is 0 Å². The van der Waals surface area contributed by atoms with Gasteiger partial charge in [-0.15, -0.1) is 0 Å². The van der Waals surface area contributed by atoms with Gasteiger partial charge >= 0.3 is 0 Å². The quantitative estimate of drug-likeness (QED) is 0.602. The van der Waals surface area contributed by atoms with Crippen LogP contribution in [0.15, 0.2) is 32.0 Å². The molecule has 6 heteroatoms. The maximum Gasteiger partial charge on any atom is 0.137 e. The summed E-state index contributed by atoms with van der Waals surface area (Å²) in [5.41, 5.74) is 2.80.